The van der Waals surface area contributed by atoms with Crippen molar-refractivity contribution in [3.63, 3.8) is 0 Å². The molecule has 1 aromatic carbocycles. The Morgan fingerprint density at radius 1 is 1.32 bits per heavy atom. The SMILES string of the molecule is CNc1cccc(C(=O)Nc2cc(Cl)ccc2Br)n1. The lowest BCUT2D eigenvalue weighted by atomic mass is 10.3. The number of nitrogens with one attached hydrogen (secondary N) is 2. The van der Waals surface area contributed by atoms with Gasteiger partial charge in [0.25, 0.3) is 5.91 Å². The molecule has 6 heteroatoms. The van der Waals surface area contributed by atoms with Gasteiger partial charge in [-0.1, -0.05) is 17.7 Å². The number of rotatable bonds is 3. The Hall–Kier alpha value is -1.59. The van der Waals surface area contributed by atoms with Gasteiger partial charge in [-0.2, -0.15) is 0 Å². The van der Waals surface area contributed by atoms with E-state index in [-0.39, 0.29) is 5.91 Å². The summed E-state index contributed by atoms with van der Waals surface area (Å²) in [5.41, 5.74) is 0.938. The number of nitrogens with zero attached hydrogens (tertiary/aromatic N) is 1. The third kappa shape index (κ3) is 3.45. The quantitative estimate of drug-likeness (QED) is 0.894. The number of carbonyl (C=O) groups is 1. The summed E-state index contributed by atoms with van der Waals surface area (Å²) in [7, 11) is 1.75. The summed E-state index contributed by atoms with van der Waals surface area (Å²) < 4.78 is 0.759. The largest absolute Gasteiger partial charge is 0.373 e. The van der Waals surface area contributed by atoms with Crippen LogP contribution in [0.2, 0.25) is 5.02 Å². The molecular formula is C13H11BrClN3O. The van der Waals surface area contributed by atoms with Gasteiger partial charge in [-0.05, 0) is 46.3 Å². The maximum atomic E-state index is 12.1. The highest BCUT2D eigenvalue weighted by molar-refractivity contribution is 9.10. The van der Waals surface area contributed by atoms with E-state index in [1.165, 1.54) is 0 Å². The second-order valence-corrected chi connectivity index (χ2v) is 5.03. The predicted octanol–water partition coefficient (Wildman–Crippen LogP) is 3.79. The summed E-state index contributed by atoms with van der Waals surface area (Å²) in [6, 6.07) is 10.4. The zero-order chi connectivity index (χ0) is 13.8. The molecule has 19 heavy (non-hydrogen) atoms. The molecule has 2 aromatic rings. The third-order valence-corrected chi connectivity index (χ3v) is 3.34. The first-order valence-corrected chi connectivity index (χ1v) is 6.68. The second kappa shape index (κ2) is 6.04. The second-order valence-electron chi connectivity index (χ2n) is 3.74. The molecule has 0 spiro atoms. The maximum absolute atomic E-state index is 12.1. The first kappa shape index (κ1) is 13.8. The average molecular weight is 341 g/mol. The van der Waals surface area contributed by atoms with Gasteiger partial charge in [0, 0.05) is 16.5 Å². The number of anilines is 2. The van der Waals surface area contributed by atoms with Gasteiger partial charge in [0.2, 0.25) is 0 Å². The van der Waals surface area contributed by atoms with Crippen LogP contribution < -0.4 is 10.6 Å². The Balaban J connectivity index is 2.22. The first-order chi connectivity index (χ1) is 9.10. The molecule has 0 unspecified atom stereocenters. The lowest BCUT2D eigenvalue weighted by Gasteiger charge is -2.08. The van der Waals surface area contributed by atoms with E-state index < -0.39 is 0 Å². The molecule has 0 aliphatic carbocycles. The van der Waals surface area contributed by atoms with E-state index in [9.17, 15) is 4.79 Å². The van der Waals surface area contributed by atoms with Crippen molar-refractivity contribution in [1.29, 1.82) is 0 Å². The van der Waals surface area contributed by atoms with Crippen LogP contribution in [0.25, 0.3) is 0 Å². The number of amides is 1. The maximum Gasteiger partial charge on any atom is 0.274 e. The molecule has 2 rings (SSSR count). The normalized spacial score (nSPS) is 10.1. The molecule has 0 aliphatic rings. The zero-order valence-electron chi connectivity index (χ0n) is 10.1. The van der Waals surface area contributed by atoms with Crippen molar-refractivity contribution in [2.45, 2.75) is 0 Å². The van der Waals surface area contributed by atoms with Crippen LogP contribution in [0, 0.1) is 0 Å². The summed E-state index contributed by atoms with van der Waals surface area (Å²) in [5.74, 6) is 0.345. The van der Waals surface area contributed by atoms with Crippen LogP contribution in [-0.4, -0.2) is 17.9 Å². The Morgan fingerprint density at radius 2 is 2.11 bits per heavy atom. The number of hydrogen-bond donors (Lipinski definition) is 2. The van der Waals surface area contributed by atoms with Crippen LogP contribution in [0.1, 0.15) is 10.5 Å². The minimum absolute atomic E-state index is 0.292. The van der Waals surface area contributed by atoms with E-state index in [1.54, 1.807) is 43.4 Å². The molecule has 0 atom stereocenters. The number of benzene rings is 1. The topological polar surface area (TPSA) is 54.0 Å². The fourth-order valence-electron chi connectivity index (χ4n) is 1.48. The summed E-state index contributed by atoms with van der Waals surface area (Å²) in [6.07, 6.45) is 0. The third-order valence-electron chi connectivity index (χ3n) is 2.41. The van der Waals surface area contributed by atoms with E-state index in [4.69, 9.17) is 11.6 Å². The van der Waals surface area contributed by atoms with E-state index in [0.717, 1.165) is 4.47 Å². The van der Waals surface area contributed by atoms with Crippen LogP contribution in [0.4, 0.5) is 11.5 Å². The molecule has 0 saturated heterocycles. The lowest BCUT2D eigenvalue weighted by molar-refractivity contribution is 0.102. The number of pyridine rings is 1. The lowest BCUT2D eigenvalue weighted by Crippen LogP contribution is -2.14. The summed E-state index contributed by atoms with van der Waals surface area (Å²) in [5, 5.41) is 6.19. The smallest absolute Gasteiger partial charge is 0.274 e. The number of hydrogen-bond acceptors (Lipinski definition) is 3. The zero-order valence-corrected chi connectivity index (χ0v) is 12.4. The van der Waals surface area contributed by atoms with Crippen LogP contribution in [0.15, 0.2) is 40.9 Å². The van der Waals surface area contributed by atoms with Gasteiger partial charge in [-0.3, -0.25) is 4.79 Å². The molecule has 1 aromatic heterocycles. The minimum Gasteiger partial charge on any atom is -0.373 e. The first-order valence-electron chi connectivity index (χ1n) is 5.51. The van der Waals surface area contributed by atoms with Crippen molar-refractivity contribution in [2.75, 3.05) is 17.7 Å². The summed E-state index contributed by atoms with van der Waals surface area (Å²) in [6.45, 7) is 0. The van der Waals surface area contributed by atoms with Gasteiger partial charge in [0.15, 0.2) is 0 Å². The van der Waals surface area contributed by atoms with Crippen LogP contribution in [0.3, 0.4) is 0 Å². The molecule has 0 saturated carbocycles. The molecule has 0 aliphatic heterocycles. The van der Waals surface area contributed by atoms with Gasteiger partial charge in [-0.15, -0.1) is 0 Å². The molecule has 1 heterocycles. The highest BCUT2D eigenvalue weighted by Gasteiger charge is 2.10. The summed E-state index contributed by atoms with van der Waals surface area (Å²) >= 11 is 9.25. The Kier molecular flexibility index (Phi) is 4.39. The monoisotopic (exact) mass is 339 g/mol. The fraction of sp³-hybridized carbons (Fsp3) is 0.0769. The number of aromatic nitrogens is 1. The van der Waals surface area contributed by atoms with Crippen LogP contribution in [0.5, 0.6) is 0 Å². The Morgan fingerprint density at radius 3 is 2.84 bits per heavy atom. The van der Waals surface area contributed by atoms with Crippen LogP contribution >= 0.6 is 27.5 Å². The van der Waals surface area contributed by atoms with Crippen molar-refractivity contribution in [2.24, 2.45) is 0 Å². The number of halogens is 2. The molecule has 0 bridgehead atoms. The van der Waals surface area contributed by atoms with Crippen molar-refractivity contribution < 1.29 is 4.79 Å². The van der Waals surface area contributed by atoms with Crippen molar-refractivity contribution in [1.82, 2.24) is 4.98 Å². The highest BCUT2D eigenvalue weighted by Crippen LogP contribution is 2.26. The van der Waals surface area contributed by atoms with Crippen molar-refractivity contribution in [3.05, 3.63) is 51.6 Å². The van der Waals surface area contributed by atoms with Crippen LogP contribution in [-0.2, 0) is 0 Å². The van der Waals surface area contributed by atoms with Gasteiger partial charge < -0.3 is 10.6 Å². The summed E-state index contributed by atoms with van der Waals surface area (Å²) in [4.78, 5) is 16.2. The molecule has 2 N–H and O–H groups in total. The fourth-order valence-corrected chi connectivity index (χ4v) is 2.00. The van der Waals surface area contributed by atoms with E-state index >= 15 is 0 Å². The molecule has 0 radical (unpaired) electrons. The van der Waals surface area contributed by atoms with Crippen molar-refractivity contribution in [3.8, 4) is 0 Å². The van der Waals surface area contributed by atoms with Gasteiger partial charge in [-0.25, -0.2) is 4.98 Å². The molecule has 4 nitrogen and oxygen atoms in total. The molecular weight excluding hydrogens is 330 g/mol. The standard InChI is InChI=1S/C13H11BrClN3O/c1-16-12-4-2-3-10(17-12)13(19)18-11-7-8(15)5-6-9(11)14/h2-7H,1H3,(H,16,17)(H,18,19). The van der Waals surface area contributed by atoms with E-state index in [0.29, 0.717) is 22.2 Å². The van der Waals surface area contributed by atoms with Gasteiger partial charge in [0.05, 0.1) is 5.69 Å². The van der Waals surface area contributed by atoms with E-state index in [1.807, 2.05) is 0 Å². The molecule has 98 valence electrons. The Labute approximate surface area is 124 Å². The number of carbonyl (C=O) groups excluding carboxylic acids is 1. The molecule has 0 fully saturated rings. The Bertz CT molecular complexity index is 619. The minimum atomic E-state index is -0.292. The van der Waals surface area contributed by atoms with Gasteiger partial charge >= 0.3 is 0 Å². The van der Waals surface area contributed by atoms with Crippen molar-refractivity contribution >= 4 is 44.9 Å². The molecule has 1 amide bonds. The highest BCUT2D eigenvalue weighted by atomic mass is 79.9. The van der Waals surface area contributed by atoms with E-state index in [2.05, 4.69) is 31.5 Å². The predicted molar refractivity (Wildman–Crippen MR) is 80.9 cm³/mol. The average Bonchev–Trinajstić information content (AvgIpc) is 2.43. The van der Waals surface area contributed by atoms with Gasteiger partial charge in [0.1, 0.15) is 11.5 Å².